The van der Waals surface area contributed by atoms with Gasteiger partial charge in [-0.05, 0) is 32.0 Å². The van der Waals surface area contributed by atoms with Gasteiger partial charge in [0.25, 0.3) is 5.91 Å². The van der Waals surface area contributed by atoms with E-state index in [1.165, 1.54) is 0 Å². The Morgan fingerprint density at radius 2 is 2.05 bits per heavy atom. The predicted octanol–water partition coefficient (Wildman–Crippen LogP) is 2.58. The molecule has 1 amide bonds. The average molecular weight is 317 g/mol. The van der Waals surface area contributed by atoms with E-state index in [1.54, 1.807) is 25.1 Å². The fourth-order valence-electron chi connectivity index (χ4n) is 2.24. The van der Waals surface area contributed by atoms with E-state index in [2.05, 4.69) is 12.2 Å². The predicted molar refractivity (Wildman–Crippen MR) is 80.6 cm³/mol. The summed E-state index contributed by atoms with van der Waals surface area (Å²) in [7, 11) is 0. The van der Waals surface area contributed by atoms with Crippen molar-refractivity contribution in [1.29, 1.82) is 0 Å². The van der Waals surface area contributed by atoms with Crippen LogP contribution in [0.4, 0.5) is 0 Å². The lowest BCUT2D eigenvalue weighted by Crippen LogP contribution is -2.54. The van der Waals surface area contributed by atoms with E-state index < -0.39 is 6.10 Å². The Balaban J connectivity index is 1.99. The van der Waals surface area contributed by atoms with Gasteiger partial charge in [0.05, 0.1) is 0 Å². The number of rotatable bonds is 3. The van der Waals surface area contributed by atoms with Crippen LogP contribution in [0.3, 0.4) is 0 Å². The highest BCUT2D eigenvalue weighted by Gasteiger charge is 2.25. The van der Waals surface area contributed by atoms with Gasteiger partial charge in [0.1, 0.15) is 5.75 Å². The van der Waals surface area contributed by atoms with Gasteiger partial charge in [-0.25, -0.2) is 0 Å². The maximum Gasteiger partial charge on any atom is 0.263 e. The Labute approximate surface area is 129 Å². The number of amides is 1. The third-order valence-corrected chi connectivity index (χ3v) is 3.61. The Morgan fingerprint density at radius 3 is 2.65 bits per heavy atom. The monoisotopic (exact) mass is 316 g/mol. The van der Waals surface area contributed by atoms with Gasteiger partial charge < -0.3 is 15.0 Å². The molecule has 2 unspecified atom stereocenters. The van der Waals surface area contributed by atoms with Crippen LogP contribution in [-0.4, -0.2) is 42.6 Å². The van der Waals surface area contributed by atoms with Gasteiger partial charge in [-0.3, -0.25) is 4.79 Å². The molecule has 0 radical (unpaired) electrons. The van der Waals surface area contributed by atoms with E-state index in [1.807, 2.05) is 4.90 Å². The van der Waals surface area contributed by atoms with E-state index in [0.29, 0.717) is 34.9 Å². The van der Waals surface area contributed by atoms with E-state index in [0.717, 1.165) is 6.54 Å². The summed E-state index contributed by atoms with van der Waals surface area (Å²) in [5, 5.41) is 4.28. The smallest absolute Gasteiger partial charge is 0.263 e. The van der Waals surface area contributed by atoms with E-state index in [-0.39, 0.29) is 5.91 Å². The molecule has 1 aromatic rings. The first-order valence-corrected chi connectivity index (χ1v) is 7.36. The topological polar surface area (TPSA) is 41.6 Å². The number of nitrogens with zero attached hydrogens (tertiary/aromatic N) is 1. The van der Waals surface area contributed by atoms with Crippen molar-refractivity contribution in [3.05, 3.63) is 28.2 Å². The Hall–Kier alpha value is -0.970. The molecule has 1 heterocycles. The van der Waals surface area contributed by atoms with Crippen molar-refractivity contribution in [2.24, 2.45) is 0 Å². The van der Waals surface area contributed by atoms with Crippen LogP contribution in [0.2, 0.25) is 10.0 Å². The van der Waals surface area contributed by atoms with Gasteiger partial charge in [0.15, 0.2) is 6.10 Å². The molecule has 2 atom stereocenters. The Morgan fingerprint density at radius 1 is 1.40 bits per heavy atom. The van der Waals surface area contributed by atoms with Crippen molar-refractivity contribution in [2.75, 3.05) is 19.6 Å². The van der Waals surface area contributed by atoms with Crippen molar-refractivity contribution in [2.45, 2.75) is 26.0 Å². The van der Waals surface area contributed by atoms with Crippen molar-refractivity contribution < 1.29 is 9.53 Å². The molecule has 0 saturated carbocycles. The summed E-state index contributed by atoms with van der Waals surface area (Å²) in [5.41, 5.74) is 0. The van der Waals surface area contributed by atoms with Crippen molar-refractivity contribution in [3.8, 4) is 5.75 Å². The highest BCUT2D eigenvalue weighted by atomic mass is 35.5. The van der Waals surface area contributed by atoms with Gasteiger partial charge in [-0.15, -0.1) is 0 Å². The van der Waals surface area contributed by atoms with Gasteiger partial charge in [0, 0.05) is 35.7 Å². The van der Waals surface area contributed by atoms with Crippen LogP contribution >= 0.6 is 23.2 Å². The SMILES string of the molecule is CC1CN(C(=O)C(C)Oc2cc(Cl)cc(Cl)c2)CCN1. The molecule has 4 nitrogen and oxygen atoms in total. The summed E-state index contributed by atoms with van der Waals surface area (Å²) >= 11 is 11.8. The molecule has 1 N–H and O–H groups in total. The molecule has 1 aromatic carbocycles. The second kappa shape index (κ2) is 6.66. The second-order valence-electron chi connectivity index (χ2n) is 5.00. The summed E-state index contributed by atoms with van der Waals surface area (Å²) in [6.07, 6.45) is -0.560. The van der Waals surface area contributed by atoms with Crippen LogP contribution in [-0.2, 0) is 4.79 Å². The number of carbonyl (C=O) groups excluding carboxylic acids is 1. The number of hydrogen-bond donors (Lipinski definition) is 1. The van der Waals surface area contributed by atoms with Crippen molar-refractivity contribution >= 4 is 29.1 Å². The molecule has 1 aliphatic rings. The van der Waals surface area contributed by atoms with Crippen LogP contribution < -0.4 is 10.1 Å². The number of carbonyl (C=O) groups is 1. The first-order valence-electron chi connectivity index (χ1n) is 6.60. The summed E-state index contributed by atoms with van der Waals surface area (Å²) < 4.78 is 5.65. The lowest BCUT2D eigenvalue weighted by atomic mass is 10.2. The van der Waals surface area contributed by atoms with E-state index in [4.69, 9.17) is 27.9 Å². The van der Waals surface area contributed by atoms with Gasteiger partial charge in [-0.1, -0.05) is 23.2 Å². The van der Waals surface area contributed by atoms with Gasteiger partial charge in [-0.2, -0.15) is 0 Å². The third kappa shape index (κ3) is 4.01. The van der Waals surface area contributed by atoms with Crippen LogP contribution in [0.25, 0.3) is 0 Å². The van der Waals surface area contributed by atoms with Crippen molar-refractivity contribution in [1.82, 2.24) is 10.2 Å². The van der Waals surface area contributed by atoms with Crippen LogP contribution in [0.1, 0.15) is 13.8 Å². The number of nitrogens with one attached hydrogen (secondary N) is 1. The summed E-state index contributed by atoms with van der Waals surface area (Å²) in [6, 6.07) is 5.23. The normalized spacial score (nSPS) is 20.6. The fourth-order valence-corrected chi connectivity index (χ4v) is 2.75. The van der Waals surface area contributed by atoms with Crippen LogP contribution in [0.5, 0.6) is 5.75 Å². The van der Waals surface area contributed by atoms with Gasteiger partial charge >= 0.3 is 0 Å². The Bertz CT molecular complexity index is 476. The molecule has 1 saturated heterocycles. The lowest BCUT2D eigenvalue weighted by Gasteiger charge is -2.33. The zero-order chi connectivity index (χ0) is 14.7. The summed E-state index contributed by atoms with van der Waals surface area (Å²) in [4.78, 5) is 14.1. The van der Waals surface area contributed by atoms with Crippen LogP contribution in [0, 0.1) is 0 Å². The molecule has 2 rings (SSSR count). The zero-order valence-corrected chi connectivity index (χ0v) is 13.0. The molecule has 0 bridgehead atoms. The average Bonchev–Trinajstić information content (AvgIpc) is 2.36. The minimum Gasteiger partial charge on any atom is -0.481 e. The Kier molecular flexibility index (Phi) is 5.13. The second-order valence-corrected chi connectivity index (χ2v) is 5.88. The highest BCUT2D eigenvalue weighted by Crippen LogP contribution is 2.25. The minimum absolute atomic E-state index is 0.0190. The molecule has 0 aliphatic carbocycles. The molecule has 1 fully saturated rings. The first-order chi connectivity index (χ1) is 9.45. The molecule has 1 aliphatic heterocycles. The highest BCUT2D eigenvalue weighted by molar-refractivity contribution is 6.34. The lowest BCUT2D eigenvalue weighted by molar-refractivity contribution is -0.139. The maximum atomic E-state index is 12.3. The number of benzene rings is 1. The van der Waals surface area contributed by atoms with E-state index >= 15 is 0 Å². The standard InChI is InChI=1S/C14H18Cl2N2O2/c1-9-8-18(4-3-17-9)14(19)10(2)20-13-6-11(15)5-12(16)7-13/h5-7,9-10,17H,3-4,8H2,1-2H3. The van der Waals surface area contributed by atoms with Crippen LogP contribution in [0.15, 0.2) is 18.2 Å². The molecule has 110 valence electrons. The number of piperazine rings is 1. The molecule has 0 aromatic heterocycles. The molecule has 6 heteroatoms. The first kappa shape index (κ1) is 15.4. The fraction of sp³-hybridized carbons (Fsp3) is 0.500. The quantitative estimate of drug-likeness (QED) is 0.932. The molecule has 0 spiro atoms. The number of hydrogen-bond acceptors (Lipinski definition) is 3. The largest absolute Gasteiger partial charge is 0.481 e. The maximum absolute atomic E-state index is 12.3. The third-order valence-electron chi connectivity index (χ3n) is 3.18. The summed E-state index contributed by atoms with van der Waals surface area (Å²) in [5.74, 6) is 0.487. The minimum atomic E-state index is -0.560. The van der Waals surface area contributed by atoms with E-state index in [9.17, 15) is 4.79 Å². The van der Waals surface area contributed by atoms with Gasteiger partial charge in [0.2, 0.25) is 0 Å². The molecular weight excluding hydrogens is 299 g/mol. The van der Waals surface area contributed by atoms with Crippen molar-refractivity contribution in [3.63, 3.8) is 0 Å². The molecular formula is C14H18Cl2N2O2. The number of halogens is 2. The number of ether oxygens (including phenoxy) is 1. The summed E-state index contributed by atoms with van der Waals surface area (Å²) in [6.45, 7) is 6.00. The zero-order valence-electron chi connectivity index (χ0n) is 11.5. The molecule has 20 heavy (non-hydrogen) atoms.